The molecule has 2 rings (SSSR count). The predicted molar refractivity (Wildman–Crippen MR) is 92.1 cm³/mol. The van der Waals surface area contributed by atoms with Crippen LogP contribution >= 0.6 is 0 Å². The molecule has 0 saturated carbocycles. The number of rotatable bonds is 5. The van der Waals surface area contributed by atoms with Gasteiger partial charge in [-0.25, -0.2) is 0 Å². The highest BCUT2D eigenvalue weighted by molar-refractivity contribution is 5.99. The summed E-state index contributed by atoms with van der Waals surface area (Å²) in [6.07, 6.45) is 3.17. The van der Waals surface area contributed by atoms with Gasteiger partial charge in [0.25, 0.3) is 0 Å². The summed E-state index contributed by atoms with van der Waals surface area (Å²) in [5.41, 5.74) is 6.55. The Hall–Kier alpha value is -1.88. The molecule has 1 aliphatic heterocycles. The van der Waals surface area contributed by atoms with E-state index in [0.29, 0.717) is 11.1 Å². The Morgan fingerprint density at radius 1 is 1.22 bits per heavy atom. The molecular formula is C18H27N3O2. The van der Waals surface area contributed by atoms with E-state index in [4.69, 9.17) is 5.73 Å². The lowest BCUT2D eigenvalue weighted by molar-refractivity contribution is -0.133. The Kier molecular flexibility index (Phi) is 5.77. The Morgan fingerprint density at radius 3 is 2.35 bits per heavy atom. The van der Waals surface area contributed by atoms with Gasteiger partial charge in [-0.2, -0.15) is 0 Å². The van der Waals surface area contributed by atoms with E-state index in [2.05, 4.69) is 13.8 Å². The largest absolute Gasteiger partial charge is 0.341 e. The quantitative estimate of drug-likeness (QED) is 0.903. The summed E-state index contributed by atoms with van der Waals surface area (Å²) in [4.78, 5) is 28.1. The Labute approximate surface area is 138 Å². The fourth-order valence-electron chi connectivity index (χ4n) is 2.93. The van der Waals surface area contributed by atoms with Crippen LogP contribution in [0.4, 0.5) is 5.69 Å². The molecule has 1 aromatic rings. The third-order valence-electron chi connectivity index (χ3n) is 5.01. The Balaban J connectivity index is 2.03. The lowest BCUT2D eigenvalue weighted by Gasteiger charge is -2.39. The van der Waals surface area contributed by atoms with Gasteiger partial charge in [0, 0.05) is 18.8 Å². The number of likely N-dealkylation sites (tertiary alicyclic amines) is 1. The minimum absolute atomic E-state index is 0.00574. The molecule has 1 heterocycles. The smallest absolute Gasteiger partial charge is 0.242 e. The molecule has 1 fully saturated rings. The number of hydrogen-bond acceptors (Lipinski definition) is 3. The van der Waals surface area contributed by atoms with Crippen LogP contribution in [0.2, 0.25) is 0 Å². The molecule has 5 nitrogen and oxygen atoms in total. The summed E-state index contributed by atoms with van der Waals surface area (Å²) in [6, 6.07) is 9.23. The fourth-order valence-corrected chi connectivity index (χ4v) is 2.93. The average molecular weight is 317 g/mol. The van der Waals surface area contributed by atoms with Crippen molar-refractivity contribution < 1.29 is 9.59 Å². The normalized spacial score (nSPS) is 16.9. The molecule has 2 N–H and O–H groups in total. The van der Waals surface area contributed by atoms with Crippen molar-refractivity contribution in [1.29, 1.82) is 0 Å². The summed E-state index contributed by atoms with van der Waals surface area (Å²) < 4.78 is 0. The topological polar surface area (TPSA) is 66.6 Å². The van der Waals surface area contributed by atoms with E-state index in [1.807, 2.05) is 35.2 Å². The van der Waals surface area contributed by atoms with Gasteiger partial charge in [-0.1, -0.05) is 38.5 Å². The van der Waals surface area contributed by atoms with Crippen molar-refractivity contribution in [3.8, 4) is 0 Å². The summed E-state index contributed by atoms with van der Waals surface area (Å²) in [5.74, 6) is -0.242. The molecule has 0 unspecified atom stereocenters. The highest BCUT2D eigenvalue weighted by atomic mass is 16.2. The van der Waals surface area contributed by atoms with Crippen molar-refractivity contribution in [2.24, 2.45) is 11.1 Å². The lowest BCUT2D eigenvalue weighted by atomic mass is 9.78. The van der Waals surface area contributed by atoms with Crippen molar-refractivity contribution in [2.75, 3.05) is 31.1 Å². The first kappa shape index (κ1) is 17.5. The second-order valence-corrected chi connectivity index (χ2v) is 6.56. The minimum Gasteiger partial charge on any atom is -0.341 e. The number of amides is 2. The molecule has 1 aromatic carbocycles. The number of anilines is 1. The van der Waals surface area contributed by atoms with Gasteiger partial charge < -0.3 is 15.5 Å². The van der Waals surface area contributed by atoms with Crippen LogP contribution < -0.4 is 10.6 Å². The number of nitrogens with zero attached hydrogens (tertiary/aromatic N) is 2. The Morgan fingerprint density at radius 2 is 1.83 bits per heavy atom. The summed E-state index contributed by atoms with van der Waals surface area (Å²) in [7, 11) is 0. The highest BCUT2D eigenvalue weighted by Crippen LogP contribution is 2.33. The van der Waals surface area contributed by atoms with Crippen LogP contribution in [0.15, 0.2) is 30.3 Å². The second kappa shape index (κ2) is 7.59. The highest BCUT2D eigenvalue weighted by Gasteiger charge is 2.31. The molecule has 23 heavy (non-hydrogen) atoms. The minimum atomic E-state index is -0.236. The predicted octanol–water partition coefficient (Wildman–Crippen LogP) is 2.02. The molecule has 0 atom stereocenters. The molecular weight excluding hydrogens is 290 g/mol. The van der Waals surface area contributed by atoms with Crippen LogP contribution in [0.5, 0.6) is 0 Å². The number of nitrogens with two attached hydrogens (primary N) is 1. The van der Waals surface area contributed by atoms with E-state index >= 15 is 0 Å². The summed E-state index contributed by atoms with van der Waals surface area (Å²) in [6.45, 7) is 5.97. The number of carbonyl (C=O) groups is 2. The van der Waals surface area contributed by atoms with Crippen molar-refractivity contribution in [3.05, 3.63) is 30.3 Å². The number of para-hydroxylation sites is 1. The number of carbonyl (C=O) groups excluding carboxylic acids is 2. The maximum absolute atomic E-state index is 12.6. The zero-order valence-electron chi connectivity index (χ0n) is 14.1. The van der Waals surface area contributed by atoms with Crippen LogP contribution in [0.25, 0.3) is 0 Å². The molecule has 126 valence electrons. The van der Waals surface area contributed by atoms with Crippen molar-refractivity contribution in [3.63, 3.8) is 0 Å². The molecule has 0 radical (unpaired) electrons. The maximum atomic E-state index is 12.6. The first-order valence-corrected chi connectivity index (χ1v) is 8.32. The molecule has 0 bridgehead atoms. The third-order valence-corrected chi connectivity index (χ3v) is 5.01. The van der Waals surface area contributed by atoms with Crippen LogP contribution in [-0.2, 0) is 9.59 Å². The molecule has 0 spiro atoms. The fraction of sp³-hybridized carbons (Fsp3) is 0.556. The molecule has 5 heteroatoms. The average Bonchev–Trinajstić information content (AvgIpc) is 2.60. The van der Waals surface area contributed by atoms with Gasteiger partial charge in [-0.05, 0) is 30.4 Å². The van der Waals surface area contributed by atoms with Crippen LogP contribution in [0.1, 0.15) is 33.1 Å². The SMILES string of the molecule is CCC1(C)CCN(C(=O)CN(C(=O)CN)c2ccccc2)CC1. The summed E-state index contributed by atoms with van der Waals surface area (Å²) in [5, 5.41) is 0. The third kappa shape index (κ3) is 4.32. The molecule has 1 aliphatic rings. The van der Waals surface area contributed by atoms with Gasteiger partial charge in [0.05, 0.1) is 6.54 Å². The van der Waals surface area contributed by atoms with Crippen molar-refractivity contribution in [1.82, 2.24) is 4.90 Å². The van der Waals surface area contributed by atoms with Gasteiger partial charge >= 0.3 is 0 Å². The standard InChI is InChI=1S/C18H27N3O2/c1-3-18(2)9-11-20(12-10-18)17(23)14-21(16(22)13-19)15-7-5-4-6-8-15/h4-8H,3,9-14,19H2,1-2H3. The first-order valence-electron chi connectivity index (χ1n) is 8.32. The van der Waals surface area contributed by atoms with Gasteiger partial charge in [0.1, 0.15) is 6.54 Å². The number of piperidine rings is 1. The molecule has 2 amide bonds. The van der Waals surface area contributed by atoms with Crippen LogP contribution in [0, 0.1) is 5.41 Å². The van der Waals surface area contributed by atoms with Gasteiger partial charge in [-0.15, -0.1) is 0 Å². The monoisotopic (exact) mass is 317 g/mol. The lowest BCUT2D eigenvalue weighted by Crippen LogP contribution is -2.48. The number of benzene rings is 1. The molecule has 1 saturated heterocycles. The van der Waals surface area contributed by atoms with Crippen molar-refractivity contribution in [2.45, 2.75) is 33.1 Å². The summed E-state index contributed by atoms with van der Waals surface area (Å²) >= 11 is 0. The van der Waals surface area contributed by atoms with E-state index in [9.17, 15) is 9.59 Å². The van der Waals surface area contributed by atoms with Gasteiger partial charge in [-0.3, -0.25) is 9.59 Å². The Bertz CT molecular complexity index is 536. The van der Waals surface area contributed by atoms with E-state index in [-0.39, 0.29) is 24.9 Å². The first-order chi connectivity index (χ1) is 11.0. The van der Waals surface area contributed by atoms with E-state index in [1.165, 1.54) is 4.90 Å². The van der Waals surface area contributed by atoms with E-state index in [1.54, 1.807) is 0 Å². The zero-order valence-corrected chi connectivity index (χ0v) is 14.1. The van der Waals surface area contributed by atoms with Crippen LogP contribution in [-0.4, -0.2) is 42.9 Å². The van der Waals surface area contributed by atoms with Gasteiger partial charge in [0.15, 0.2) is 0 Å². The number of hydrogen-bond donors (Lipinski definition) is 1. The van der Waals surface area contributed by atoms with E-state index in [0.717, 1.165) is 32.4 Å². The zero-order chi connectivity index (χ0) is 16.9. The molecule has 0 aromatic heterocycles. The van der Waals surface area contributed by atoms with Crippen LogP contribution in [0.3, 0.4) is 0 Å². The maximum Gasteiger partial charge on any atom is 0.242 e. The van der Waals surface area contributed by atoms with Gasteiger partial charge in [0.2, 0.25) is 11.8 Å². The molecule has 0 aliphatic carbocycles. The second-order valence-electron chi connectivity index (χ2n) is 6.56. The van der Waals surface area contributed by atoms with E-state index < -0.39 is 0 Å². The van der Waals surface area contributed by atoms with Crippen molar-refractivity contribution >= 4 is 17.5 Å².